The van der Waals surface area contributed by atoms with E-state index in [0.29, 0.717) is 0 Å². The van der Waals surface area contributed by atoms with E-state index in [1.807, 2.05) is 12.1 Å². The number of rotatable bonds is 4. The molecule has 3 aromatic rings. The maximum absolute atomic E-state index is 5.19. The Morgan fingerprint density at radius 1 is 0.909 bits per heavy atom. The number of fused-ring (bicyclic) bond motifs is 1. The molecule has 0 bridgehead atoms. The van der Waals surface area contributed by atoms with Crippen LogP contribution in [0.4, 0.5) is 0 Å². The van der Waals surface area contributed by atoms with Gasteiger partial charge in [-0.1, -0.05) is 24.3 Å². The van der Waals surface area contributed by atoms with Crippen molar-refractivity contribution in [1.29, 1.82) is 0 Å². The van der Waals surface area contributed by atoms with Crippen molar-refractivity contribution in [3.63, 3.8) is 0 Å². The molecule has 0 saturated carbocycles. The van der Waals surface area contributed by atoms with Gasteiger partial charge >= 0.3 is 0 Å². The molecule has 0 spiro atoms. The Kier molecular flexibility index (Phi) is 4.19. The summed E-state index contributed by atoms with van der Waals surface area (Å²) in [5.41, 5.74) is 3.63. The van der Waals surface area contributed by atoms with Gasteiger partial charge in [0.2, 0.25) is 11.2 Å². The Morgan fingerprint density at radius 2 is 1.68 bits per heavy atom. The third-order valence-corrected chi connectivity index (χ3v) is 3.85. The van der Waals surface area contributed by atoms with Crippen molar-refractivity contribution in [2.24, 2.45) is 0 Å². The van der Waals surface area contributed by atoms with Crippen LogP contribution in [0.3, 0.4) is 0 Å². The van der Waals surface area contributed by atoms with Crippen molar-refractivity contribution in [3.8, 4) is 5.75 Å². The predicted octanol–water partition coefficient (Wildman–Crippen LogP) is 4.33. The Balaban J connectivity index is 1.97. The number of aromatic nitrogens is 1. The first-order valence-corrected chi connectivity index (χ1v) is 7.55. The largest absolute Gasteiger partial charge is 0.497 e. The predicted molar refractivity (Wildman–Crippen MR) is 91.7 cm³/mol. The molecule has 0 amide bonds. The molecule has 2 nitrogen and oxygen atoms in total. The molecule has 0 unspecified atom stereocenters. The van der Waals surface area contributed by atoms with E-state index in [4.69, 9.17) is 4.74 Å². The summed E-state index contributed by atoms with van der Waals surface area (Å²) in [5.74, 6) is 0.881. The molecule has 1 heterocycles. The van der Waals surface area contributed by atoms with Crippen molar-refractivity contribution >= 4 is 23.1 Å². The summed E-state index contributed by atoms with van der Waals surface area (Å²) in [5, 5.41) is 1.27. The van der Waals surface area contributed by atoms with Gasteiger partial charge in [0, 0.05) is 23.6 Å². The van der Waals surface area contributed by atoms with Crippen molar-refractivity contribution in [3.05, 3.63) is 71.9 Å². The minimum Gasteiger partial charge on any atom is -0.497 e. The molecule has 0 atom stereocenters. The zero-order valence-electron chi connectivity index (χ0n) is 13.0. The van der Waals surface area contributed by atoms with Crippen LogP contribution < -0.4 is 9.30 Å². The fraction of sp³-hybridized carbons (Fsp3) is 0.150. The molecule has 2 aromatic carbocycles. The van der Waals surface area contributed by atoms with E-state index in [1.165, 1.54) is 16.6 Å². The van der Waals surface area contributed by atoms with E-state index in [9.17, 15) is 0 Å². The average molecular weight is 290 g/mol. The Hall–Kier alpha value is -2.61. The fourth-order valence-electron chi connectivity index (χ4n) is 2.67. The third kappa shape index (κ3) is 2.86. The first kappa shape index (κ1) is 14.3. The minimum absolute atomic E-state index is 0.881. The van der Waals surface area contributed by atoms with E-state index < -0.39 is 0 Å². The maximum atomic E-state index is 5.19. The van der Waals surface area contributed by atoms with Crippen LogP contribution >= 0.6 is 0 Å². The molecule has 0 N–H and O–H groups in total. The molecule has 2 heteroatoms. The molecule has 110 valence electrons. The van der Waals surface area contributed by atoms with Gasteiger partial charge in [-0.05, 0) is 42.8 Å². The van der Waals surface area contributed by atoms with Crippen LogP contribution in [0.1, 0.15) is 18.2 Å². The van der Waals surface area contributed by atoms with Gasteiger partial charge in [-0.3, -0.25) is 0 Å². The lowest BCUT2D eigenvalue weighted by Gasteiger charge is -2.03. The van der Waals surface area contributed by atoms with Crippen molar-refractivity contribution in [2.45, 2.75) is 13.5 Å². The van der Waals surface area contributed by atoms with E-state index in [2.05, 4.69) is 72.2 Å². The molecule has 0 aliphatic heterocycles. The Morgan fingerprint density at radius 3 is 2.41 bits per heavy atom. The number of ether oxygens (including phenoxy) is 1. The quantitative estimate of drug-likeness (QED) is 0.652. The number of aryl methyl sites for hydroxylation is 1. The van der Waals surface area contributed by atoms with Crippen molar-refractivity contribution in [1.82, 2.24) is 0 Å². The number of hydrogen-bond donors (Lipinski definition) is 0. The number of pyridine rings is 1. The van der Waals surface area contributed by atoms with Crippen LogP contribution in [0.5, 0.6) is 5.75 Å². The minimum atomic E-state index is 0.881. The topological polar surface area (TPSA) is 13.1 Å². The summed E-state index contributed by atoms with van der Waals surface area (Å²) >= 11 is 0. The second kappa shape index (κ2) is 6.44. The monoisotopic (exact) mass is 290 g/mol. The van der Waals surface area contributed by atoms with Gasteiger partial charge in [0.25, 0.3) is 0 Å². The standard InChI is InChI=1S/C20H20NO/c1-3-21-18(13-11-17-6-4-5-7-20(17)21)12-8-16-9-14-19(22-2)15-10-16/h4-15H,3H2,1-2H3/q+1/b12-8+. The van der Waals surface area contributed by atoms with Crippen molar-refractivity contribution < 1.29 is 9.30 Å². The number of methoxy groups -OCH3 is 1. The van der Waals surface area contributed by atoms with Gasteiger partial charge in [0.05, 0.1) is 7.11 Å². The summed E-state index contributed by atoms with van der Waals surface area (Å²) in [6, 6.07) is 20.9. The van der Waals surface area contributed by atoms with Crippen LogP contribution in [0, 0.1) is 0 Å². The lowest BCUT2D eigenvalue weighted by atomic mass is 10.1. The molecule has 0 saturated heterocycles. The SMILES string of the molecule is CC[n+]1c(/C=C/c2ccc(OC)cc2)ccc2ccccc21. The second-order valence-electron chi connectivity index (χ2n) is 5.17. The number of nitrogens with zero attached hydrogens (tertiary/aromatic N) is 1. The summed E-state index contributed by atoms with van der Waals surface area (Å²) < 4.78 is 7.52. The van der Waals surface area contributed by atoms with Crippen LogP contribution in [0.2, 0.25) is 0 Å². The van der Waals surface area contributed by atoms with Crippen LogP contribution in [0.15, 0.2) is 60.7 Å². The summed E-state index contributed by atoms with van der Waals surface area (Å²) in [6.45, 7) is 3.13. The second-order valence-corrected chi connectivity index (χ2v) is 5.17. The molecule has 0 fully saturated rings. The molecule has 1 aromatic heterocycles. The first-order valence-electron chi connectivity index (χ1n) is 7.55. The molecule has 0 radical (unpaired) electrons. The van der Waals surface area contributed by atoms with Crippen LogP contribution in [0.25, 0.3) is 23.1 Å². The number of benzene rings is 2. The lowest BCUT2D eigenvalue weighted by Crippen LogP contribution is -2.36. The highest BCUT2D eigenvalue weighted by atomic mass is 16.5. The highest BCUT2D eigenvalue weighted by Crippen LogP contribution is 2.15. The highest BCUT2D eigenvalue weighted by molar-refractivity contribution is 5.77. The molecular formula is C20H20NO+. The molecule has 0 aliphatic carbocycles. The van der Waals surface area contributed by atoms with Gasteiger partial charge in [-0.25, -0.2) is 0 Å². The number of hydrogen-bond acceptors (Lipinski definition) is 1. The molecule has 0 aliphatic rings. The van der Waals surface area contributed by atoms with E-state index in [-0.39, 0.29) is 0 Å². The molecule has 22 heavy (non-hydrogen) atoms. The summed E-state index contributed by atoms with van der Waals surface area (Å²) in [4.78, 5) is 0. The Bertz CT molecular complexity index is 804. The normalized spacial score (nSPS) is 11.2. The maximum Gasteiger partial charge on any atom is 0.212 e. The van der Waals surface area contributed by atoms with Gasteiger partial charge < -0.3 is 4.74 Å². The first-order chi connectivity index (χ1) is 10.8. The highest BCUT2D eigenvalue weighted by Gasteiger charge is 2.10. The van der Waals surface area contributed by atoms with Gasteiger partial charge in [0.15, 0.2) is 0 Å². The smallest absolute Gasteiger partial charge is 0.212 e. The van der Waals surface area contributed by atoms with Gasteiger partial charge in [-0.15, -0.1) is 0 Å². The lowest BCUT2D eigenvalue weighted by molar-refractivity contribution is -0.669. The van der Waals surface area contributed by atoms with E-state index in [1.54, 1.807) is 7.11 Å². The fourth-order valence-corrected chi connectivity index (χ4v) is 2.67. The van der Waals surface area contributed by atoms with E-state index in [0.717, 1.165) is 17.9 Å². The number of para-hydroxylation sites is 1. The summed E-state index contributed by atoms with van der Waals surface area (Å²) in [6.07, 6.45) is 4.30. The van der Waals surface area contributed by atoms with Crippen LogP contribution in [-0.2, 0) is 6.54 Å². The Labute approximate surface area is 131 Å². The van der Waals surface area contributed by atoms with Gasteiger partial charge in [-0.2, -0.15) is 4.57 Å². The van der Waals surface area contributed by atoms with Crippen molar-refractivity contribution in [2.75, 3.05) is 7.11 Å². The molecular weight excluding hydrogens is 270 g/mol. The average Bonchev–Trinajstić information content (AvgIpc) is 2.59. The third-order valence-electron chi connectivity index (χ3n) is 3.85. The zero-order chi connectivity index (χ0) is 15.4. The van der Waals surface area contributed by atoms with Crippen LogP contribution in [-0.4, -0.2) is 7.11 Å². The molecule has 3 rings (SSSR count). The summed E-state index contributed by atoms with van der Waals surface area (Å²) in [7, 11) is 1.68. The van der Waals surface area contributed by atoms with E-state index >= 15 is 0 Å². The zero-order valence-corrected chi connectivity index (χ0v) is 13.0. The van der Waals surface area contributed by atoms with Gasteiger partial charge in [0.1, 0.15) is 12.3 Å².